The highest BCUT2D eigenvalue weighted by atomic mass is 16.2. The van der Waals surface area contributed by atoms with Gasteiger partial charge in [0, 0.05) is 36.7 Å². The smallest absolute Gasteiger partial charge is 0.267 e. The summed E-state index contributed by atoms with van der Waals surface area (Å²) in [7, 11) is 0. The first-order valence-electron chi connectivity index (χ1n) is 6.58. The fourth-order valence-electron chi connectivity index (χ4n) is 2.58. The lowest BCUT2D eigenvalue weighted by Crippen LogP contribution is -2.37. The molecule has 1 aromatic heterocycles. The third kappa shape index (κ3) is 2.11. The zero-order valence-corrected chi connectivity index (χ0v) is 11.2. The van der Waals surface area contributed by atoms with Crippen LogP contribution in [0.25, 0.3) is 11.3 Å². The van der Waals surface area contributed by atoms with Gasteiger partial charge in [-0.15, -0.1) is 0 Å². The van der Waals surface area contributed by atoms with Gasteiger partial charge in [0.2, 0.25) is 5.91 Å². The number of amides is 1. The molecule has 3 rings (SSSR count). The Labute approximate surface area is 116 Å². The van der Waals surface area contributed by atoms with Crippen molar-refractivity contribution in [1.29, 1.82) is 0 Å². The Bertz CT molecular complexity index is 707. The van der Waals surface area contributed by atoms with E-state index in [-0.39, 0.29) is 11.5 Å². The zero-order valence-electron chi connectivity index (χ0n) is 11.2. The molecule has 0 spiro atoms. The predicted octanol–water partition coefficient (Wildman–Crippen LogP) is 1.34. The van der Waals surface area contributed by atoms with E-state index >= 15 is 0 Å². The highest BCUT2D eigenvalue weighted by Crippen LogP contribution is 2.26. The molecule has 1 aromatic carbocycles. The van der Waals surface area contributed by atoms with E-state index in [4.69, 9.17) is 0 Å². The Morgan fingerprint density at radius 3 is 2.70 bits per heavy atom. The summed E-state index contributed by atoms with van der Waals surface area (Å²) in [5.41, 5.74) is 3.16. The van der Waals surface area contributed by atoms with Crippen LogP contribution in [0, 0.1) is 0 Å². The van der Waals surface area contributed by atoms with Gasteiger partial charge in [-0.1, -0.05) is 30.3 Å². The van der Waals surface area contributed by atoms with E-state index in [1.54, 1.807) is 11.8 Å². The number of hydrogen-bond acceptors (Lipinski definition) is 3. The number of benzene rings is 1. The maximum atomic E-state index is 11.9. The van der Waals surface area contributed by atoms with Crippen molar-refractivity contribution >= 4 is 5.91 Å². The number of aromatic nitrogens is 2. The molecule has 0 aliphatic carbocycles. The molecule has 0 atom stereocenters. The number of carbonyl (C=O) groups is 1. The number of carbonyl (C=O) groups excluding carboxylic acids is 1. The molecule has 2 heterocycles. The van der Waals surface area contributed by atoms with Crippen LogP contribution >= 0.6 is 0 Å². The van der Waals surface area contributed by atoms with Crippen LogP contribution in [0.15, 0.2) is 35.1 Å². The van der Waals surface area contributed by atoms with E-state index in [1.165, 1.54) is 0 Å². The molecule has 0 fully saturated rings. The molecule has 0 saturated heterocycles. The van der Waals surface area contributed by atoms with Crippen molar-refractivity contribution in [1.82, 2.24) is 15.1 Å². The summed E-state index contributed by atoms with van der Waals surface area (Å²) in [6, 6.07) is 9.70. The van der Waals surface area contributed by atoms with Gasteiger partial charge < -0.3 is 4.90 Å². The van der Waals surface area contributed by atoms with Crippen molar-refractivity contribution in [2.75, 3.05) is 6.54 Å². The Hall–Kier alpha value is -2.43. The highest BCUT2D eigenvalue weighted by Gasteiger charge is 2.24. The van der Waals surface area contributed by atoms with Crippen LogP contribution in [0.1, 0.15) is 18.1 Å². The minimum Gasteiger partial charge on any atom is -0.338 e. The van der Waals surface area contributed by atoms with Crippen molar-refractivity contribution in [2.24, 2.45) is 0 Å². The Kier molecular flexibility index (Phi) is 3.10. The van der Waals surface area contributed by atoms with Gasteiger partial charge in [-0.25, -0.2) is 5.10 Å². The molecule has 2 aromatic rings. The van der Waals surface area contributed by atoms with Crippen molar-refractivity contribution in [2.45, 2.75) is 19.9 Å². The fraction of sp³-hybridized carbons (Fsp3) is 0.267. The summed E-state index contributed by atoms with van der Waals surface area (Å²) >= 11 is 0. The fourth-order valence-corrected chi connectivity index (χ4v) is 2.58. The number of nitrogens with zero attached hydrogens (tertiary/aromatic N) is 2. The standard InChI is InChI=1S/C15H15N3O2/c1-10(19)18-8-7-12-13(9-18)14(16-17-15(12)20)11-5-3-2-4-6-11/h2-6H,7-9H2,1H3,(H,17,20). The topological polar surface area (TPSA) is 66.1 Å². The van der Waals surface area contributed by atoms with Crippen molar-refractivity contribution < 1.29 is 4.79 Å². The molecule has 1 aliphatic heterocycles. The van der Waals surface area contributed by atoms with Crippen LogP contribution in [0.4, 0.5) is 0 Å². The van der Waals surface area contributed by atoms with Crippen molar-refractivity contribution in [3.8, 4) is 11.3 Å². The molecule has 0 bridgehead atoms. The molecule has 102 valence electrons. The third-order valence-electron chi connectivity index (χ3n) is 3.67. The Morgan fingerprint density at radius 2 is 2.00 bits per heavy atom. The molecule has 0 saturated carbocycles. The van der Waals surface area contributed by atoms with Gasteiger partial charge in [0.1, 0.15) is 0 Å². The Morgan fingerprint density at radius 1 is 1.25 bits per heavy atom. The monoisotopic (exact) mass is 269 g/mol. The number of nitrogens with one attached hydrogen (secondary N) is 1. The summed E-state index contributed by atoms with van der Waals surface area (Å²) in [6.45, 7) is 2.59. The highest BCUT2D eigenvalue weighted by molar-refractivity contribution is 5.74. The van der Waals surface area contributed by atoms with Gasteiger partial charge >= 0.3 is 0 Å². The van der Waals surface area contributed by atoms with Gasteiger partial charge in [-0.05, 0) is 6.42 Å². The van der Waals surface area contributed by atoms with Gasteiger partial charge in [0.05, 0.1) is 5.69 Å². The molecule has 0 radical (unpaired) electrons. The first-order valence-corrected chi connectivity index (χ1v) is 6.58. The summed E-state index contributed by atoms with van der Waals surface area (Å²) in [4.78, 5) is 25.2. The minimum absolute atomic E-state index is 0.0231. The third-order valence-corrected chi connectivity index (χ3v) is 3.67. The quantitative estimate of drug-likeness (QED) is 0.849. The van der Waals surface area contributed by atoms with Crippen LogP contribution in [0.2, 0.25) is 0 Å². The van der Waals surface area contributed by atoms with E-state index in [2.05, 4.69) is 10.2 Å². The second kappa shape index (κ2) is 4.92. The second-order valence-corrected chi connectivity index (χ2v) is 4.92. The SMILES string of the molecule is CC(=O)N1CCc2c(c(-c3ccccc3)n[nH]c2=O)C1. The molecular formula is C15H15N3O2. The first-order chi connectivity index (χ1) is 9.66. The molecule has 5 heteroatoms. The van der Waals surface area contributed by atoms with Crippen LogP contribution in [0.5, 0.6) is 0 Å². The molecule has 5 nitrogen and oxygen atoms in total. The average Bonchev–Trinajstić information content (AvgIpc) is 2.48. The maximum Gasteiger partial charge on any atom is 0.267 e. The molecule has 1 N–H and O–H groups in total. The van der Waals surface area contributed by atoms with Crippen molar-refractivity contribution in [3.05, 3.63) is 51.8 Å². The maximum absolute atomic E-state index is 11.9. The molecule has 0 unspecified atom stereocenters. The normalized spacial score (nSPS) is 13.9. The van der Waals surface area contributed by atoms with E-state index in [0.717, 1.165) is 22.4 Å². The van der Waals surface area contributed by atoms with E-state index in [9.17, 15) is 9.59 Å². The molecule has 1 aliphatic rings. The molecule has 20 heavy (non-hydrogen) atoms. The summed E-state index contributed by atoms with van der Waals surface area (Å²) in [6.07, 6.45) is 0.576. The summed E-state index contributed by atoms with van der Waals surface area (Å²) in [5.74, 6) is 0.0231. The number of aromatic amines is 1. The number of H-pyrrole nitrogens is 1. The summed E-state index contributed by atoms with van der Waals surface area (Å²) < 4.78 is 0. The van der Waals surface area contributed by atoms with Crippen LogP contribution in [-0.2, 0) is 17.8 Å². The first kappa shape index (κ1) is 12.6. The number of hydrogen-bond donors (Lipinski definition) is 1. The molecular weight excluding hydrogens is 254 g/mol. The molecule has 1 amide bonds. The summed E-state index contributed by atoms with van der Waals surface area (Å²) in [5, 5.41) is 6.74. The number of rotatable bonds is 1. The van der Waals surface area contributed by atoms with Gasteiger partial charge in [0.25, 0.3) is 5.56 Å². The zero-order chi connectivity index (χ0) is 14.1. The second-order valence-electron chi connectivity index (χ2n) is 4.92. The lowest BCUT2D eigenvalue weighted by atomic mass is 9.96. The minimum atomic E-state index is -0.150. The van der Waals surface area contributed by atoms with Crippen LogP contribution in [0.3, 0.4) is 0 Å². The van der Waals surface area contributed by atoms with Gasteiger partial charge in [-0.3, -0.25) is 9.59 Å². The lowest BCUT2D eigenvalue weighted by molar-refractivity contribution is -0.129. The lowest BCUT2D eigenvalue weighted by Gasteiger charge is -2.28. The van der Waals surface area contributed by atoms with E-state index in [1.807, 2.05) is 30.3 Å². The predicted molar refractivity (Wildman–Crippen MR) is 75.1 cm³/mol. The van der Waals surface area contributed by atoms with Crippen LogP contribution in [-0.4, -0.2) is 27.5 Å². The largest absolute Gasteiger partial charge is 0.338 e. The number of fused-ring (bicyclic) bond motifs is 1. The Balaban J connectivity index is 2.14. The van der Waals surface area contributed by atoms with Crippen LogP contribution < -0.4 is 5.56 Å². The van der Waals surface area contributed by atoms with Crippen molar-refractivity contribution in [3.63, 3.8) is 0 Å². The van der Waals surface area contributed by atoms with Gasteiger partial charge in [0.15, 0.2) is 0 Å². The van der Waals surface area contributed by atoms with E-state index in [0.29, 0.717) is 19.5 Å². The van der Waals surface area contributed by atoms with E-state index < -0.39 is 0 Å². The average molecular weight is 269 g/mol. The van der Waals surface area contributed by atoms with Gasteiger partial charge in [-0.2, -0.15) is 5.10 Å².